The molecule has 3 aromatic heterocycles. The maximum Gasteiger partial charge on any atom is 0.135 e. The Balaban J connectivity index is 1.09. The van der Waals surface area contributed by atoms with Gasteiger partial charge in [0, 0.05) is 43.7 Å². The lowest BCUT2D eigenvalue weighted by atomic mass is 9.99. The van der Waals surface area contributed by atoms with Crippen LogP contribution in [0.2, 0.25) is 0 Å². The van der Waals surface area contributed by atoms with E-state index >= 15 is 0 Å². The van der Waals surface area contributed by atoms with Gasteiger partial charge in [-0.1, -0.05) is 109 Å². The predicted octanol–water partition coefficient (Wildman–Crippen LogP) is 14.3. The minimum Gasteiger partial charge on any atom is -0.456 e. The summed E-state index contributed by atoms with van der Waals surface area (Å²) in [5.41, 5.74) is 13.7. The standard InChI is InChI=1S/C52H32N2O/c1-3-11-33(12-4-1)36-19-23-47-42(28-36)43-29-37(20-24-48(43)53(47)39-15-5-2-6-16-39)38-21-25-49-44(30-38)45-27-34-13-7-8-14-35(34)31-50(45)54(49)40-22-26-52-46(32-40)41-17-9-10-18-51(41)55-52/h1-32H. The maximum atomic E-state index is 6.22. The zero-order valence-corrected chi connectivity index (χ0v) is 29.8. The zero-order valence-electron chi connectivity index (χ0n) is 29.8. The molecule has 0 saturated carbocycles. The van der Waals surface area contributed by atoms with Gasteiger partial charge >= 0.3 is 0 Å². The molecule has 0 N–H and O–H groups in total. The SMILES string of the molecule is c1ccc(-c2ccc3c(c2)c2cc(-c4ccc5c(c4)c4cc6ccccc6cc4n5-c4ccc5oc6ccccc6c5c4)ccc2n3-c2ccccc2)cc1. The van der Waals surface area contributed by atoms with Crippen LogP contribution in [0.25, 0.3) is 110 Å². The van der Waals surface area contributed by atoms with Gasteiger partial charge in [-0.2, -0.15) is 0 Å². The van der Waals surface area contributed by atoms with E-state index in [0.29, 0.717) is 0 Å². The largest absolute Gasteiger partial charge is 0.456 e. The maximum absolute atomic E-state index is 6.22. The van der Waals surface area contributed by atoms with Crippen molar-refractivity contribution in [3.8, 4) is 33.6 Å². The van der Waals surface area contributed by atoms with Crippen molar-refractivity contribution in [2.75, 3.05) is 0 Å². The Morgan fingerprint density at radius 2 is 0.782 bits per heavy atom. The molecule has 0 spiro atoms. The number of hydrogen-bond donors (Lipinski definition) is 0. The van der Waals surface area contributed by atoms with Crippen LogP contribution in [-0.2, 0) is 0 Å². The molecule has 55 heavy (non-hydrogen) atoms. The van der Waals surface area contributed by atoms with Gasteiger partial charge in [-0.25, -0.2) is 0 Å². The molecule has 0 aliphatic carbocycles. The third kappa shape index (κ3) is 4.57. The fourth-order valence-electron chi connectivity index (χ4n) is 8.88. The first kappa shape index (κ1) is 30.1. The number of nitrogens with zero attached hydrogens (tertiary/aromatic N) is 2. The number of furan rings is 1. The van der Waals surface area contributed by atoms with E-state index in [1.807, 2.05) is 12.1 Å². The van der Waals surface area contributed by atoms with Gasteiger partial charge in [0.2, 0.25) is 0 Å². The summed E-state index contributed by atoms with van der Waals surface area (Å²) >= 11 is 0. The summed E-state index contributed by atoms with van der Waals surface area (Å²) in [5.74, 6) is 0. The average molecular weight is 701 g/mol. The molecule has 12 aromatic rings. The van der Waals surface area contributed by atoms with E-state index in [9.17, 15) is 0 Å². The summed E-state index contributed by atoms with van der Waals surface area (Å²) in [4.78, 5) is 0. The third-order valence-electron chi connectivity index (χ3n) is 11.5. The molecule has 256 valence electrons. The second kappa shape index (κ2) is 11.6. The zero-order chi connectivity index (χ0) is 36.0. The van der Waals surface area contributed by atoms with Crippen LogP contribution in [-0.4, -0.2) is 9.13 Å². The average Bonchev–Trinajstić information content (AvgIpc) is 3.89. The Bertz CT molecular complexity index is 3470. The monoisotopic (exact) mass is 700 g/mol. The van der Waals surface area contributed by atoms with Crippen molar-refractivity contribution in [1.29, 1.82) is 0 Å². The van der Waals surface area contributed by atoms with Gasteiger partial charge in [-0.3, -0.25) is 0 Å². The Morgan fingerprint density at radius 1 is 0.273 bits per heavy atom. The Labute approximate surface area is 316 Å². The van der Waals surface area contributed by atoms with E-state index < -0.39 is 0 Å². The minimum atomic E-state index is 0.901. The first-order valence-electron chi connectivity index (χ1n) is 18.8. The molecule has 0 radical (unpaired) electrons. The highest BCUT2D eigenvalue weighted by molar-refractivity contribution is 6.16. The van der Waals surface area contributed by atoms with Gasteiger partial charge in [0.25, 0.3) is 0 Å². The Hall–Kier alpha value is -7.36. The van der Waals surface area contributed by atoms with Crippen LogP contribution in [0.5, 0.6) is 0 Å². The molecule has 12 rings (SSSR count). The predicted molar refractivity (Wildman–Crippen MR) is 231 cm³/mol. The summed E-state index contributed by atoms with van der Waals surface area (Å²) in [6.07, 6.45) is 0. The molecular formula is C52H32N2O. The Kier molecular flexibility index (Phi) is 6.34. The lowest BCUT2D eigenvalue weighted by Crippen LogP contribution is -1.94. The first-order chi connectivity index (χ1) is 27.2. The van der Waals surface area contributed by atoms with Gasteiger partial charge in [-0.05, 0) is 118 Å². The molecule has 3 heteroatoms. The number of aromatic nitrogens is 2. The van der Waals surface area contributed by atoms with E-state index in [0.717, 1.165) is 33.3 Å². The fourth-order valence-corrected chi connectivity index (χ4v) is 8.88. The summed E-state index contributed by atoms with van der Waals surface area (Å²) < 4.78 is 11.0. The molecular weight excluding hydrogens is 669 g/mol. The van der Waals surface area contributed by atoms with Crippen LogP contribution in [0, 0.1) is 0 Å². The van der Waals surface area contributed by atoms with E-state index in [1.165, 1.54) is 76.6 Å². The molecule has 0 bridgehead atoms. The highest BCUT2D eigenvalue weighted by Gasteiger charge is 2.18. The molecule has 0 unspecified atom stereocenters. The first-order valence-corrected chi connectivity index (χ1v) is 18.8. The molecule has 0 saturated heterocycles. The molecule has 0 amide bonds. The van der Waals surface area contributed by atoms with E-state index in [4.69, 9.17) is 4.42 Å². The third-order valence-corrected chi connectivity index (χ3v) is 11.5. The lowest BCUT2D eigenvalue weighted by Gasteiger charge is -2.10. The van der Waals surface area contributed by atoms with Crippen molar-refractivity contribution in [2.45, 2.75) is 0 Å². The summed E-state index contributed by atoms with van der Waals surface area (Å²) in [6, 6.07) is 70.5. The molecule has 3 heterocycles. The second-order valence-corrected chi connectivity index (χ2v) is 14.6. The molecule has 0 aliphatic heterocycles. The number of para-hydroxylation sites is 2. The molecule has 0 aliphatic rings. The summed E-state index contributed by atoms with van der Waals surface area (Å²) in [6.45, 7) is 0. The molecule has 3 nitrogen and oxygen atoms in total. The van der Waals surface area contributed by atoms with Crippen molar-refractivity contribution in [3.63, 3.8) is 0 Å². The summed E-state index contributed by atoms with van der Waals surface area (Å²) in [7, 11) is 0. The van der Waals surface area contributed by atoms with Crippen LogP contribution in [0.1, 0.15) is 0 Å². The van der Waals surface area contributed by atoms with Gasteiger partial charge in [-0.15, -0.1) is 0 Å². The fraction of sp³-hybridized carbons (Fsp3) is 0. The van der Waals surface area contributed by atoms with Crippen LogP contribution >= 0.6 is 0 Å². The molecule has 0 atom stereocenters. The minimum absolute atomic E-state index is 0.901. The van der Waals surface area contributed by atoms with Crippen molar-refractivity contribution < 1.29 is 4.42 Å². The quantitative estimate of drug-likeness (QED) is 0.179. The number of benzene rings is 9. The normalized spacial score (nSPS) is 12.0. The highest BCUT2D eigenvalue weighted by Crippen LogP contribution is 2.41. The van der Waals surface area contributed by atoms with Crippen LogP contribution in [0.3, 0.4) is 0 Å². The second-order valence-electron chi connectivity index (χ2n) is 14.6. The van der Waals surface area contributed by atoms with E-state index in [-0.39, 0.29) is 0 Å². The van der Waals surface area contributed by atoms with E-state index in [2.05, 4.69) is 191 Å². The van der Waals surface area contributed by atoms with Crippen molar-refractivity contribution >= 4 is 76.3 Å². The molecule has 9 aromatic carbocycles. The lowest BCUT2D eigenvalue weighted by molar-refractivity contribution is 0.669. The highest BCUT2D eigenvalue weighted by atomic mass is 16.3. The van der Waals surface area contributed by atoms with E-state index in [1.54, 1.807) is 0 Å². The van der Waals surface area contributed by atoms with Gasteiger partial charge in [0.1, 0.15) is 11.2 Å². The van der Waals surface area contributed by atoms with Gasteiger partial charge in [0.15, 0.2) is 0 Å². The topological polar surface area (TPSA) is 23.0 Å². The number of fused-ring (bicyclic) bond motifs is 10. The van der Waals surface area contributed by atoms with Gasteiger partial charge in [0.05, 0.1) is 22.1 Å². The smallest absolute Gasteiger partial charge is 0.135 e. The van der Waals surface area contributed by atoms with Crippen LogP contribution < -0.4 is 0 Å². The number of rotatable bonds is 4. The van der Waals surface area contributed by atoms with Crippen molar-refractivity contribution in [3.05, 3.63) is 194 Å². The summed E-state index contributed by atoms with van der Waals surface area (Å²) in [5, 5.41) is 9.67. The van der Waals surface area contributed by atoms with Crippen molar-refractivity contribution in [1.82, 2.24) is 9.13 Å². The number of hydrogen-bond acceptors (Lipinski definition) is 1. The van der Waals surface area contributed by atoms with Crippen LogP contribution in [0.4, 0.5) is 0 Å². The Morgan fingerprint density at radius 3 is 1.45 bits per heavy atom. The molecule has 0 fully saturated rings. The van der Waals surface area contributed by atoms with Crippen LogP contribution in [0.15, 0.2) is 199 Å². The van der Waals surface area contributed by atoms with Gasteiger partial charge < -0.3 is 13.6 Å². The van der Waals surface area contributed by atoms with Crippen molar-refractivity contribution in [2.24, 2.45) is 0 Å².